The third-order valence-electron chi connectivity index (χ3n) is 2.90. The summed E-state index contributed by atoms with van der Waals surface area (Å²) in [4.78, 5) is 11.1. The zero-order chi connectivity index (χ0) is 11.1. The van der Waals surface area contributed by atoms with Gasteiger partial charge in [-0.15, -0.1) is 0 Å². The van der Waals surface area contributed by atoms with Crippen LogP contribution in [0.5, 0.6) is 11.5 Å². The van der Waals surface area contributed by atoms with E-state index in [2.05, 4.69) is 5.32 Å². The minimum Gasteiger partial charge on any atom is -0.454 e. The lowest BCUT2D eigenvalue weighted by Gasteiger charge is -2.09. The molecule has 2 heterocycles. The summed E-state index contributed by atoms with van der Waals surface area (Å²) in [5, 5.41) is 3.35. The third-order valence-corrected chi connectivity index (χ3v) is 3.18. The first-order chi connectivity index (χ1) is 7.74. The molecule has 84 valence electrons. The molecule has 1 atom stereocenters. The maximum absolute atomic E-state index is 11.1. The molecule has 1 aromatic rings. The van der Waals surface area contributed by atoms with Gasteiger partial charge in [-0.2, -0.15) is 0 Å². The van der Waals surface area contributed by atoms with Gasteiger partial charge in [0, 0.05) is 18.9 Å². The van der Waals surface area contributed by atoms with Crippen LogP contribution in [0.4, 0.5) is 0 Å². The van der Waals surface area contributed by atoms with Gasteiger partial charge in [-0.3, -0.25) is 4.79 Å². The number of halogens is 1. The number of nitrogens with one attached hydrogen (secondary N) is 1. The maximum Gasteiger partial charge on any atom is 0.231 e. The van der Waals surface area contributed by atoms with Crippen LogP contribution in [0.15, 0.2) is 12.1 Å². The Labute approximate surface area is 97.5 Å². The highest BCUT2D eigenvalue weighted by molar-refractivity contribution is 6.32. The summed E-state index contributed by atoms with van der Waals surface area (Å²) >= 11 is 6.08. The van der Waals surface area contributed by atoms with Gasteiger partial charge in [-0.1, -0.05) is 11.6 Å². The highest BCUT2D eigenvalue weighted by Gasteiger charge is 2.26. The Morgan fingerprint density at radius 2 is 2.25 bits per heavy atom. The summed E-state index contributed by atoms with van der Waals surface area (Å²) in [6.45, 7) is 0.870. The normalized spacial score (nSPS) is 22.3. The minimum atomic E-state index is 0.0822. The number of carbonyl (C=O) groups is 1. The SMILES string of the molecule is O=C1CC(c2cc(Cl)c3c(c2)OCO3)CN1. The molecular weight excluding hydrogens is 230 g/mol. The van der Waals surface area contributed by atoms with Gasteiger partial charge in [0.2, 0.25) is 12.7 Å². The molecule has 1 amide bonds. The number of hydrogen-bond acceptors (Lipinski definition) is 3. The van der Waals surface area contributed by atoms with Crippen molar-refractivity contribution in [2.45, 2.75) is 12.3 Å². The molecule has 3 rings (SSSR count). The van der Waals surface area contributed by atoms with Crippen LogP contribution in [0.3, 0.4) is 0 Å². The van der Waals surface area contributed by atoms with Crippen molar-refractivity contribution >= 4 is 17.5 Å². The van der Waals surface area contributed by atoms with Gasteiger partial charge in [0.1, 0.15) is 0 Å². The van der Waals surface area contributed by atoms with Gasteiger partial charge in [0.25, 0.3) is 0 Å². The molecule has 2 aliphatic heterocycles. The van der Waals surface area contributed by atoms with Crippen LogP contribution >= 0.6 is 11.6 Å². The van der Waals surface area contributed by atoms with E-state index in [1.54, 1.807) is 0 Å². The summed E-state index contributed by atoms with van der Waals surface area (Å²) in [6.07, 6.45) is 0.510. The number of carbonyl (C=O) groups excluding carboxylic acids is 1. The van der Waals surface area contributed by atoms with Gasteiger partial charge in [0.05, 0.1) is 5.02 Å². The highest BCUT2D eigenvalue weighted by Crippen LogP contribution is 2.42. The average Bonchev–Trinajstić information content (AvgIpc) is 2.85. The van der Waals surface area contributed by atoms with E-state index in [4.69, 9.17) is 21.1 Å². The predicted molar refractivity (Wildman–Crippen MR) is 57.9 cm³/mol. The molecular formula is C11H10ClNO3. The van der Waals surface area contributed by atoms with E-state index in [0.29, 0.717) is 29.5 Å². The second-order valence-corrected chi connectivity index (χ2v) is 4.35. The smallest absolute Gasteiger partial charge is 0.231 e. The van der Waals surface area contributed by atoms with Crippen molar-refractivity contribution < 1.29 is 14.3 Å². The Kier molecular flexibility index (Phi) is 2.17. The quantitative estimate of drug-likeness (QED) is 0.811. The first kappa shape index (κ1) is 9.78. The van der Waals surface area contributed by atoms with E-state index in [-0.39, 0.29) is 18.6 Å². The first-order valence-electron chi connectivity index (χ1n) is 5.10. The van der Waals surface area contributed by atoms with E-state index in [1.165, 1.54) is 0 Å². The molecule has 1 N–H and O–H groups in total. The van der Waals surface area contributed by atoms with Gasteiger partial charge in [-0.25, -0.2) is 0 Å². The molecule has 2 aliphatic rings. The lowest BCUT2D eigenvalue weighted by atomic mass is 9.98. The van der Waals surface area contributed by atoms with Crippen LogP contribution in [0.1, 0.15) is 17.9 Å². The molecule has 0 radical (unpaired) electrons. The number of hydrogen-bond donors (Lipinski definition) is 1. The molecule has 0 aliphatic carbocycles. The van der Waals surface area contributed by atoms with Gasteiger partial charge in [0.15, 0.2) is 11.5 Å². The Morgan fingerprint density at radius 3 is 3.00 bits per heavy atom. The van der Waals surface area contributed by atoms with Crippen molar-refractivity contribution in [3.63, 3.8) is 0 Å². The first-order valence-corrected chi connectivity index (χ1v) is 5.47. The fraction of sp³-hybridized carbons (Fsp3) is 0.364. The van der Waals surface area contributed by atoms with E-state index < -0.39 is 0 Å². The third kappa shape index (κ3) is 1.50. The van der Waals surface area contributed by atoms with Gasteiger partial charge < -0.3 is 14.8 Å². The van der Waals surface area contributed by atoms with Crippen LogP contribution in [0.2, 0.25) is 5.02 Å². The molecule has 4 nitrogen and oxygen atoms in total. The summed E-state index contributed by atoms with van der Waals surface area (Å²) in [6, 6.07) is 3.75. The Balaban J connectivity index is 1.97. The van der Waals surface area contributed by atoms with Crippen LogP contribution in [-0.2, 0) is 4.79 Å². The van der Waals surface area contributed by atoms with Crippen molar-refractivity contribution in [2.75, 3.05) is 13.3 Å². The summed E-state index contributed by atoms with van der Waals surface area (Å²) in [5.74, 6) is 1.53. The van der Waals surface area contributed by atoms with Crippen LogP contribution in [0.25, 0.3) is 0 Å². The molecule has 5 heteroatoms. The topological polar surface area (TPSA) is 47.6 Å². The van der Waals surface area contributed by atoms with Crippen molar-refractivity contribution in [1.82, 2.24) is 5.32 Å². The van der Waals surface area contributed by atoms with Crippen LogP contribution in [0, 0.1) is 0 Å². The van der Waals surface area contributed by atoms with Crippen molar-refractivity contribution in [1.29, 1.82) is 0 Å². The highest BCUT2D eigenvalue weighted by atomic mass is 35.5. The van der Waals surface area contributed by atoms with Crippen molar-refractivity contribution in [3.05, 3.63) is 22.7 Å². The van der Waals surface area contributed by atoms with Crippen molar-refractivity contribution in [3.8, 4) is 11.5 Å². The van der Waals surface area contributed by atoms with E-state index >= 15 is 0 Å². The molecule has 1 saturated heterocycles. The molecule has 0 bridgehead atoms. The predicted octanol–water partition coefficient (Wildman–Crippen LogP) is 1.67. The zero-order valence-electron chi connectivity index (χ0n) is 8.46. The number of rotatable bonds is 1. The van der Waals surface area contributed by atoms with E-state index in [0.717, 1.165) is 5.56 Å². The molecule has 0 saturated carbocycles. The van der Waals surface area contributed by atoms with Crippen molar-refractivity contribution in [2.24, 2.45) is 0 Å². The molecule has 1 aromatic carbocycles. The largest absolute Gasteiger partial charge is 0.454 e. The lowest BCUT2D eigenvalue weighted by molar-refractivity contribution is -0.119. The Bertz CT molecular complexity index is 461. The Morgan fingerprint density at radius 1 is 1.38 bits per heavy atom. The molecule has 0 spiro atoms. The van der Waals surface area contributed by atoms with E-state index in [9.17, 15) is 4.79 Å². The lowest BCUT2D eigenvalue weighted by Crippen LogP contribution is -2.13. The number of ether oxygens (including phenoxy) is 2. The molecule has 1 unspecified atom stereocenters. The monoisotopic (exact) mass is 239 g/mol. The fourth-order valence-corrected chi connectivity index (χ4v) is 2.34. The van der Waals surface area contributed by atoms with Gasteiger partial charge in [-0.05, 0) is 17.7 Å². The summed E-state index contributed by atoms with van der Waals surface area (Å²) in [7, 11) is 0. The number of benzene rings is 1. The standard InChI is InChI=1S/C11H10ClNO3/c12-8-1-6(7-3-10(14)13-4-7)2-9-11(8)16-5-15-9/h1-2,7H,3-5H2,(H,13,14). The fourth-order valence-electron chi connectivity index (χ4n) is 2.06. The number of fused-ring (bicyclic) bond motifs is 1. The van der Waals surface area contributed by atoms with E-state index in [1.807, 2.05) is 12.1 Å². The van der Waals surface area contributed by atoms with Gasteiger partial charge >= 0.3 is 0 Å². The molecule has 1 fully saturated rings. The maximum atomic E-state index is 11.1. The zero-order valence-corrected chi connectivity index (χ0v) is 9.21. The summed E-state index contributed by atoms with van der Waals surface area (Å²) in [5.41, 5.74) is 1.02. The second-order valence-electron chi connectivity index (χ2n) is 3.94. The second kappa shape index (κ2) is 3.56. The number of amides is 1. The molecule has 0 aromatic heterocycles. The summed E-state index contributed by atoms with van der Waals surface area (Å²) < 4.78 is 10.5. The minimum absolute atomic E-state index is 0.0822. The average molecular weight is 240 g/mol. The van der Waals surface area contributed by atoms with Crippen LogP contribution in [-0.4, -0.2) is 19.2 Å². The van der Waals surface area contributed by atoms with Crippen LogP contribution < -0.4 is 14.8 Å². The Hall–Kier alpha value is -1.42. The molecule has 16 heavy (non-hydrogen) atoms.